The van der Waals surface area contributed by atoms with Gasteiger partial charge >= 0.3 is 0 Å². The first kappa shape index (κ1) is 15.3. The van der Waals surface area contributed by atoms with Crippen molar-refractivity contribution in [1.82, 2.24) is 0 Å². The van der Waals surface area contributed by atoms with E-state index in [0.717, 1.165) is 41.1 Å². The Balaban J connectivity index is 0.00000144. The van der Waals surface area contributed by atoms with Gasteiger partial charge in [-0.05, 0) is 42.5 Å². The van der Waals surface area contributed by atoms with E-state index in [0.29, 0.717) is 5.92 Å². The number of hydrogen-bond acceptors (Lipinski definition) is 2. The molecule has 0 radical (unpaired) electrons. The molecule has 1 aliphatic rings. The van der Waals surface area contributed by atoms with Crippen LogP contribution in [0.4, 0.5) is 0 Å². The van der Waals surface area contributed by atoms with Crippen LogP contribution in [0.25, 0.3) is 0 Å². The normalized spacial score (nSPS) is 18.5. The summed E-state index contributed by atoms with van der Waals surface area (Å²) in [5.41, 5.74) is 7.39. The Morgan fingerprint density at radius 1 is 1.35 bits per heavy atom. The van der Waals surface area contributed by atoms with E-state index in [-0.39, 0.29) is 18.4 Å². The summed E-state index contributed by atoms with van der Waals surface area (Å²) >= 11 is 9.53. The highest BCUT2D eigenvalue weighted by Gasteiger charge is 2.23. The molecule has 1 aliphatic heterocycles. The lowest BCUT2D eigenvalue weighted by molar-refractivity contribution is 0.0583. The van der Waals surface area contributed by atoms with E-state index in [1.54, 1.807) is 0 Å². The van der Waals surface area contributed by atoms with Crippen molar-refractivity contribution in [3.63, 3.8) is 0 Å². The summed E-state index contributed by atoms with van der Waals surface area (Å²) in [4.78, 5) is 0. The van der Waals surface area contributed by atoms with Crippen molar-refractivity contribution in [1.29, 1.82) is 0 Å². The molecule has 96 valence electrons. The highest BCUT2D eigenvalue weighted by Crippen LogP contribution is 2.33. The van der Waals surface area contributed by atoms with Gasteiger partial charge in [-0.3, -0.25) is 0 Å². The summed E-state index contributed by atoms with van der Waals surface area (Å²) in [6.45, 7) is 1.63. The smallest absolute Gasteiger partial charge is 0.0469 e. The average Bonchev–Trinajstić information content (AvgIpc) is 2.32. The van der Waals surface area contributed by atoms with E-state index in [9.17, 15) is 0 Å². The Kier molecular flexibility index (Phi) is 6.24. The third-order valence-electron chi connectivity index (χ3n) is 3.09. The maximum Gasteiger partial charge on any atom is 0.0469 e. The van der Waals surface area contributed by atoms with Crippen LogP contribution in [0.5, 0.6) is 0 Å². The molecule has 2 rings (SSSR count). The number of benzene rings is 1. The largest absolute Gasteiger partial charge is 0.381 e. The second kappa shape index (κ2) is 6.95. The zero-order valence-electron chi connectivity index (χ0n) is 9.36. The van der Waals surface area contributed by atoms with Crippen molar-refractivity contribution in [3.05, 3.63) is 33.3 Å². The van der Waals surface area contributed by atoms with Gasteiger partial charge in [0.1, 0.15) is 0 Å². The minimum atomic E-state index is 0. The summed E-state index contributed by atoms with van der Waals surface area (Å²) in [7, 11) is 0. The summed E-state index contributed by atoms with van der Waals surface area (Å²) in [6, 6.07) is 5.81. The number of rotatable bonds is 2. The Morgan fingerprint density at radius 2 is 2.00 bits per heavy atom. The molecular formula is C12H16BrCl2NO. The summed E-state index contributed by atoms with van der Waals surface area (Å²) in [5.74, 6) is 0.489. The van der Waals surface area contributed by atoms with Crippen molar-refractivity contribution in [3.8, 4) is 0 Å². The molecule has 0 amide bonds. The molecule has 0 aliphatic carbocycles. The maximum absolute atomic E-state index is 6.30. The van der Waals surface area contributed by atoms with Crippen molar-refractivity contribution < 1.29 is 4.74 Å². The standard InChI is InChI=1S/C12H15BrClNO.ClH/c13-11-2-1-9(14)7-10(11)12(15)8-3-5-16-6-4-8;/h1-2,7-8,12H,3-6,15H2;1H/t12-;/m1./s1. The van der Waals surface area contributed by atoms with Gasteiger partial charge in [0, 0.05) is 28.8 Å². The highest BCUT2D eigenvalue weighted by atomic mass is 79.9. The van der Waals surface area contributed by atoms with Crippen LogP contribution in [0.1, 0.15) is 24.4 Å². The third-order valence-corrected chi connectivity index (χ3v) is 4.05. The number of hydrogen-bond donors (Lipinski definition) is 1. The lowest BCUT2D eigenvalue weighted by Gasteiger charge is -2.28. The predicted octanol–water partition coefficient (Wildman–Crippen LogP) is 3.95. The van der Waals surface area contributed by atoms with Crippen LogP contribution in [0.2, 0.25) is 5.02 Å². The number of halogens is 3. The SMILES string of the molecule is Cl.N[C@@H](c1cc(Cl)ccc1Br)C1CCOCC1. The van der Waals surface area contributed by atoms with E-state index in [4.69, 9.17) is 22.1 Å². The van der Waals surface area contributed by atoms with Crippen molar-refractivity contribution in [2.75, 3.05) is 13.2 Å². The topological polar surface area (TPSA) is 35.2 Å². The molecule has 1 atom stereocenters. The van der Waals surface area contributed by atoms with Gasteiger partial charge in [0.05, 0.1) is 0 Å². The summed E-state index contributed by atoms with van der Waals surface area (Å²) < 4.78 is 6.38. The molecule has 0 aromatic heterocycles. The lowest BCUT2D eigenvalue weighted by atomic mass is 9.88. The average molecular weight is 341 g/mol. The third kappa shape index (κ3) is 3.83. The minimum Gasteiger partial charge on any atom is -0.381 e. The van der Waals surface area contributed by atoms with Gasteiger partial charge in [0.15, 0.2) is 0 Å². The molecule has 1 aromatic rings. The first-order valence-corrected chi connectivity index (χ1v) is 6.64. The Hall–Kier alpha value is 0.200. The van der Waals surface area contributed by atoms with Crippen LogP contribution in [0.3, 0.4) is 0 Å². The Bertz CT molecular complexity index is 370. The van der Waals surface area contributed by atoms with Crippen LogP contribution in [-0.4, -0.2) is 13.2 Å². The molecule has 0 unspecified atom stereocenters. The quantitative estimate of drug-likeness (QED) is 0.884. The van der Waals surface area contributed by atoms with Gasteiger partial charge in [0.25, 0.3) is 0 Å². The fourth-order valence-corrected chi connectivity index (χ4v) is 2.79. The second-order valence-electron chi connectivity index (χ2n) is 4.14. The molecule has 1 fully saturated rings. The molecule has 5 heteroatoms. The molecule has 17 heavy (non-hydrogen) atoms. The van der Waals surface area contributed by atoms with E-state index >= 15 is 0 Å². The second-order valence-corrected chi connectivity index (χ2v) is 5.43. The van der Waals surface area contributed by atoms with Gasteiger partial charge in [0.2, 0.25) is 0 Å². The molecule has 1 aromatic carbocycles. The molecule has 1 heterocycles. The van der Waals surface area contributed by atoms with E-state index in [1.807, 2.05) is 18.2 Å². The number of nitrogens with two attached hydrogens (primary N) is 1. The van der Waals surface area contributed by atoms with E-state index in [2.05, 4.69) is 15.9 Å². The predicted molar refractivity (Wildman–Crippen MR) is 76.9 cm³/mol. The monoisotopic (exact) mass is 339 g/mol. The fourth-order valence-electron chi connectivity index (χ4n) is 2.10. The molecule has 0 bridgehead atoms. The van der Waals surface area contributed by atoms with Crippen molar-refractivity contribution in [2.45, 2.75) is 18.9 Å². The molecule has 2 nitrogen and oxygen atoms in total. The van der Waals surface area contributed by atoms with E-state index in [1.165, 1.54) is 0 Å². The van der Waals surface area contributed by atoms with Gasteiger partial charge in [-0.2, -0.15) is 0 Å². The van der Waals surface area contributed by atoms with E-state index < -0.39 is 0 Å². The van der Waals surface area contributed by atoms with Crippen LogP contribution >= 0.6 is 39.9 Å². The fraction of sp³-hybridized carbons (Fsp3) is 0.500. The van der Waals surface area contributed by atoms with Crippen LogP contribution < -0.4 is 5.73 Å². The van der Waals surface area contributed by atoms with Gasteiger partial charge in [-0.15, -0.1) is 12.4 Å². The molecule has 0 spiro atoms. The van der Waals surface area contributed by atoms with Crippen molar-refractivity contribution in [2.24, 2.45) is 11.7 Å². The number of ether oxygens (including phenoxy) is 1. The zero-order chi connectivity index (χ0) is 11.5. The molecular weight excluding hydrogens is 325 g/mol. The van der Waals surface area contributed by atoms with Crippen molar-refractivity contribution >= 4 is 39.9 Å². The molecule has 1 saturated heterocycles. The minimum absolute atomic E-state index is 0. The zero-order valence-corrected chi connectivity index (χ0v) is 12.5. The molecule has 2 N–H and O–H groups in total. The maximum atomic E-state index is 6.30. The Morgan fingerprint density at radius 3 is 2.65 bits per heavy atom. The van der Waals surface area contributed by atoms with Crippen LogP contribution in [0, 0.1) is 5.92 Å². The highest BCUT2D eigenvalue weighted by molar-refractivity contribution is 9.10. The molecule has 0 saturated carbocycles. The Labute approximate surface area is 121 Å². The lowest BCUT2D eigenvalue weighted by Crippen LogP contribution is -2.27. The van der Waals surface area contributed by atoms with Gasteiger partial charge in [-0.25, -0.2) is 0 Å². The van der Waals surface area contributed by atoms with Gasteiger partial charge < -0.3 is 10.5 Å². The van der Waals surface area contributed by atoms with Crippen LogP contribution in [0.15, 0.2) is 22.7 Å². The summed E-state index contributed by atoms with van der Waals surface area (Å²) in [5, 5.41) is 0.737. The van der Waals surface area contributed by atoms with Gasteiger partial charge in [-0.1, -0.05) is 27.5 Å². The first-order valence-electron chi connectivity index (χ1n) is 5.47. The summed E-state index contributed by atoms with van der Waals surface area (Å²) in [6.07, 6.45) is 2.06. The first-order chi connectivity index (χ1) is 7.68. The van der Waals surface area contributed by atoms with Crippen LogP contribution in [-0.2, 0) is 4.74 Å².